The van der Waals surface area contributed by atoms with Gasteiger partial charge in [-0.1, -0.05) is 42.0 Å². The molecule has 1 N–H and O–H groups in total. The normalized spacial score (nSPS) is 15.0. The lowest BCUT2D eigenvalue weighted by molar-refractivity contribution is 0.0792. The van der Waals surface area contributed by atoms with Crippen molar-refractivity contribution in [2.24, 2.45) is 0 Å². The number of carbonyl (C=O) groups is 1. The zero-order valence-electron chi connectivity index (χ0n) is 19.4. The van der Waals surface area contributed by atoms with Gasteiger partial charge in [-0.3, -0.25) is 19.7 Å². The van der Waals surface area contributed by atoms with E-state index in [0.29, 0.717) is 5.56 Å². The molecule has 34 heavy (non-hydrogen) atoms. The maximum atomic E-state index is 12.7. The zero-order chi connectivity index (χ0) is 23.5. The van der Waals surface area contributed by atoms with E-state index in [0.717, 1.165) is 65.6 Å². The molecule has 0 unspecified atom stereocenters. The molecule has 2 aromatic heterocycles. The lowest BCUT2D eigenvalue weighted by Crippen LogP contribution is -2.35. The zero-order valence-corrected chi connectivity index (χ0v) is 19.4. The van der Waals surface area contributed by atoms with Crippen LogP contribution in [0.2, 0.25) is 0 Å². The van der Waals surface area contributed by atoms with Crippen molar-refractivity contribution >= 4 is 16.6 Å². The van der Waals surface area contributed by atoms with Crippen molar-refractivity contribution < 1.29 is 9.90 Å². The molecule has 3 heterocycles. The maximum absolute atomic E-state index is 12.7. The first-order valence-corrected chi connectivity index (χ1v) is 11.9. The molecule has 5 heteroatoms. The Morgan fingerprint density at radius 1 is 0.941 bits per heavy atom. The van der Waals surface area contributed by atoms with Crippen LogP contribution in [0, 0.1) is 6.92 Å². The molecule has 172 valence electrons. The Morgan fingerprint density at radius 3 is 2.53 bits per heavy atom. The summed E-state index contributed by atoms with van der Waals surface area (Å²) < 4.78 is 0. The maximum Gasteiger partial charge on any atom is 0.168 e. The van der Waals surface area contributed by atoms with Gasteiger partial charge in [0.1, 0.15) is 0 Å². The number of hydrogen-bond acceptors (Lipinski definition) is 5. The van der Waals surface area contributed by atoms with Crippen LogP contribution in [0.4, 0.5) is 0 Å². The van der Waals surface area contributed by atoms with E-state index in [4.69, 9.17) is 0 Å². The number of rotatable bonds is 6. The SMILES string of the molecule is Cc1ccc(C(=O)Cc2cc3cc(-c4cncc(CN5CCC(O)CC5)c4)ccc3cn2)cc1. The van der Waals surface area contributed by atoms with Gasteiger partial charge < -0.3 is 5.11 Å². The van der Waals surface area contributed by atoms with Crippen LogP contribution in [0.15, 0.2) is 73.2 Å². The number of benzene rings is 2. The molecule has 0 aliphatic carbocycles. The first-order chi connectivity index (χ1) is 16.5. The van der Waals surface area contributed by atoms with Gasteiger partial charge in [-0.2, -0.15) is 0 Å². The number of ketones is 1. The number of aromatic nitrogens is 2. The standard InChI is InChI=1S/C29H29N3O2/c1-20-2-4-22(5-3-20)29(34)15-27-14-25-13-23(6-7-24(25)18-31-27)26-12-21(16-30-17-26)19-32-10-8-28(33)9-11-32/h2-7,12-14,16-18,28,33H,8-11,15,19H2,1H3. The third-order valence-corrected chi connectivity index (χ3v) is 6.59. The second-order valence-electron chi connectivity index (χ2n) is 9.29. The van der Waals surface area contributed by atoms with Crippen molar-refractivity contribution in [2.75, 3.05) is 13.1 Å². The summed E-state index contributed by atoms with van der Waals surface area (Å²) in [6.07, 6.45) is 7.45. The summed E-state index contributed by atoms with van der Waals surface area (Å²) in [5.41, 5.74) is 5.97. The number of Topliss-reactive ketones (excluding diaryl/α,β-unsaturated/α-hetero) is 1. The van der Waals surface area contributed by atoms with Crippen LogP contribution in [0.1, 0.15) is 40.0 Å². The van der Waals surface area contributed by atoms with Crippen molar-refractivity contribution in [3.8, 4) is 11.1 Å². The van der Waals surface area contributed by atoms with Crippen LogP contribution in [-0.4, -0.2) is 45.0 Å². The molecule has 2 aromatic carbocycles. The van der Waals surface area contributed by atoms with Crippen molar-refractivity contribution in [1.82, 2.24) is 14.9 Å². The minimum absolute atomic E-state index is 0.0742. The number of piperidine rings is 1. The number of aryl methyl sites for hydroxylation is 1. The summed E-state index contributed by atoms with van der Waals surface area (Å²) in [7, 11) is 0. The summed E-state index contributed by atoms with van der Waals surface area (Å²) in [6.45, 7) is 4.69. The quantitative estimate of drug-likeness (QED) is 0.419. The third-order valence-electron chi connectivity index (χ3n) is 6.59. The number of aliphatic hydroxyl groups is 1. The van der Waals surface area contributed by atoms with Crippen LogP contribution in [-0.2, 0) is 13.0 Å². The first-order valence-electron chi connectivity index (χ1n) is 11.9. The molecule has 0 bridgehead atoms. The molecule has 0 atom stereocenters. The van der Waals surface area contributed by atoms with Crippen LogP contribution in [0.5, 0.6) is 0 Å². The van der Waals surface area contributed by atoms with Crippen LogP contribution >= 0.6 is 0 Å². The average molecular weight is 452 g/mol. The number of hydrogen-bond donors (Lipinski definition) is 1. The van der Waals surface area contributed by atoms with E-state index in [9.17, 15) is 9.90 Å². The Morgan fingerprint density at radius 2 is 1.74 bits per heavy atom. The van der Waals surface area contributed by atoms with Crippen molar-refractivity contribution in [3.05, 3.63) is 95.6 Å². The second-order valence-corrected chi connectivity index (χ2v) is 9.29. The predicted molar refractivity (Wildman–Crippen MR) is 135 cm³/mol. The molecular weight excluding hydrogens is 422 g/mol. The third kappa shape index (κ3) is 5.22. The number of pyridine rings is 2. The number of carbonyl (C=O) groups excluding carboxylic acids is 1. The predicted octanol–water partition coefficient (Wildman–Crippen LogP) is 4.99. The fourth-order valence-corrected chi connectivity index (χ4v) is 4.54. The van der Waals surface area contributed by atoms with E-state index in [1.54, 1.807) is 0 Å². The first kappa shape index (κ1) is 22.4. The monoisotopic (exact) mass is 451 g/mol. The molecule has 0 radical (unpaired) electrons. The molecule has 0 saturated carbocycles. The van der Waals surface area contributed by atoms with Gasteiger partial charge in [-0.15, -0.1) is 0 Å². The summed E-state index contributed by atoms with van der Waals surface area (Å²) >= 11 is 0. The molecule has 1 aliphatic rings. The van der Waals surface area contributed by atoms with Gasteiger partial charge in [0, 0.05) is 60.4 Å². The van der Waals surface area contributed by atoms with Gasteiger partial charge in [-0.25, -0.2) is 0 Å². The van der Waals surface area contributed by atoms with Gasteiger partial charge >= 0.3 is 0 Å². The lowest BCUT2D eigenvalue weighted by atomic mass is 10.00. The highest BCUT2D eigenvalue weighted by Gasteiger charge is 2.17. The van der Waals surface area contributed by atoms with Crippen molar-refractivity contribution in [1.29, 1.82) is 0 Å². The van der Waals surface area contributed by atoms with E-state index in [-0.39, 0.29) is 18.3 Å². The van der Waals surface area contributed by atoms with E-state index >= 15 is 0 Å². The fourth-order valence-electron chi connectivity index (χ4n) is 4.54. The van der Waals surface area contributed by atoms with E-state index in [1.807, 2.05) is 55.8 Å². The molecule has 5 rings (SSSR count). The van der Waals surface area contributed by atoms with Gasteiger partial charge in [0.05, 0.1) is 12.5 Å². The Balaban J connectivity index is 1.35. The summed E-state index contributed by atoms with van der Waals surface area (Å²) in [4.78, 5) is 24.1. The fraction of sp³-hybridized carbons (Fsp3) is 0.276. The topological polar surface area (TPSA) is 66.3 Å². The van der Waals surface area contributed by atoms with E-state index in [1.165, 1.54) is 5.56 Å². The number of nitrogens with zero attached hydrogens (tertiary/aromatic N) is 3. The van der Waals surface area contributed by atoms with Gasteiger partial charge in [-0.05, 0) is 54.5 Å². The number of likely N-dealkylation sites (tertiary alicyclic amines) is 1. The molecule has 5 nitrogen and oxygen atoms in total. The Bertz CT molecular complexity index is 1310. The van der Waals surface area contributed by atoms with Crippen molar-refractivity contribution in [3.63, 3.8) is 0 Å². The summed E-state index contributed by atoms with van der Waals surface area (Å²) in [5.74, 6) is 0.0742. The van der Waals surface area contributed by atoms with Gasteiger partial charge in [0.15, 0.2) is 5.78 Å². The highest BCUT2D eigenvalue weighted by molar-refractivity contribution is 5.98. The minimum atomic E-state index is -0.162. The Kier molecular flexibility index (Phi) is 6.48. The summed E-state index contributed by atoms with van der Waals surface area (Å²) in [6, 6.07) is 18.2. The van der Waals surface area contributed by atoms with Crippen LogP contribution in [0.25, 0.3) is 21.9 Å². The Labute approximate surface area is 200 Å². The average Bonchev–Trinajstić information content (AvgIpc) is 2.85. The Hall–Kier alpha value is -3.41. The van der Waals surface area contributed by atoms with Crippen LogP contribution < -0.4 is 0 Å². The number of aliphatic hydroxyl groups excluding tert-OH is 1. The van der Waals surface area contributed by atoms with Crippen LogP contribution in [0.3, 0.4) is 0 Å². The minimum Gasteiger partial charge on any atom is -0.393 e. The van der Waals surface area contributed by atoms with E-state index < -0.39 is 0 Å². The molecule has 1 aliphatic heterocycles. The molecular formula is C29H29N3O2. The van der Waals surface area contributed by atoms with E-state index in [2.05, 4.69) is 39.1 Å². The highest BCUT2D eigenvalue weighted by atomic mass is 16.3. The molecule has 4 aromatic rings. The van der Waals surface area contributed by atoms with Gasteiger partial charge in [0.25, 0.3) is 0 Å². The second kappa shape index (κ2) is 9.84. The summed E-state index contributed by atoms with van der Waals surface area (Å²) in [5, 5.41) is 11.9. The molecule has 1 fully saturated rings. The molecule has 0 spiro atoms. The molecule has 0 amide bonds. The van der Waals surface area contributed by atoms with Gasteiger partial charge in [0.2, 0.25) is 0 Å². The van der Waals surface area contributed by atoms with Crippen molar-refractivity contribution in [2.45, 2.75) is 38.8 Å². The lowest BCUT2D eigenvalue weighted by Gasteiger charge is -2.29. The smallest absolute Gasteiger partial charge is 0.168 e. The molecule has 1 saturated heterocycles. The highest BCUT2D eigenvalue weighted by Crippen LogP contribution is 2.26. The number of fused-ring (bicyclic) bond motifs is 1. The largest absolute Gasteiger partial charge is 0.393 e.